The van der Waals surface area contributed by atoms with Gasteiger partial charge >= 0.3 is 0 Å². The molecule has 1 aromatic heterocycles. The quantitative estimate of drug-likeness (QED) is 0.637. The van der Waals surface area contributed by atoms with Crippen LogP contribution < -0.4 is 10.1 Å². The molecule has 1 aliphatic heterocycles. The molecule has 3 aromatic rings. The molecule has 5 rings (SSSR count). The molecule has 0 unspecified atom stereocenters. The van der Waals surface area contributed by atoms with Crippen molar-refractivity contribution in [1.82, 2.24) is 14.9 Å². The zero-order valence-corrected chi connectivity index (χ0v) is 18.0. The number of amides is 1. The zero-order valence-electron chi connectivity index (χ0n) is 18.0. The van der Waals surface area contributed by atoms with Crippen molar-refractivity contribution in [2.45, 2.75) is 63.6 Å². The van der Waals surface area contributed by atoms with E-state index in [1.165, 1.54) is 19.3 Å². The molecule has 2 heterocycles. The fourth-order valence-electron chi connectivity index (χ4n) is 5.02. The second-order valence-corrected chi connectivity index (χ2v) is 8.91. The van der Waals surface area contributed by atoms with Crippen molar-refractivity contribution < 1.29 is 9.53 Å². The third kappa shape index (κ3) is 4.09. The van der Waals surface area contributed by atoms with Crippen LogP contribution >= 0.6 is 0 Å². The van der Waals surface area contributed by atoms with E-state index in [0.717, 1.165) is 48.5 Å². The van der Waals surface area contributed by atoms with Gasteiger partial charge in [0.15, 0.2) is 0 Å². The van der Waals surface area contributed by atoms with E-state index in [-0.39, 0.29) is 17.6 Å². The van der Waals surface area contributed by atoms with Crippen LogP contribution in [0.25, 0.3) is 0 Å². The normalized spacial score (nSPS) is 19.5. The summed E-state index contributed by atoms with van der Waals surface area (Å²) in [7, 11) is 0. The third-order valence-corrected chi connectivity index (χ3v) is 6.76. The second-order valence-electron chi connectivity index (χ2n) is 8.91. The number of hydrogen-bond acceptors (Lipinski definition) is 3. The fraction of sp³-hybridized carbons (Fsp3) is 0.385. The van der Waals surface area contributed by atoms with E-state index in [0.29, 0.717) is 5.56 Å². The lowest BCUT2D eigenvalue weighted by Crippen LogP contribution is -2.46. The number of carbonyl (C=O) groups excluding carboxylic acids is 1. The summed E-state index contributed by atoms with van der Waals surface area (Å²) in [6.07, 6.45) is 10.4. The summed E-state index contributed by atoms with van der Waals surface area (Å²) in [5.74, 6) is 1.88. The first-order valence-corrected chi connectivity index (χ1v) is 11.3. The molecule has 1 fully saturated rings. The Bertz CT molecular complexity index is 1060. The molecule has 1 saturated carbocycles. The Morgan fingerprint density at radius 1 is 1.13 bits per heavy atom. The highest BCUT2D eigenvalue weighted by atomic mass is 16.5. The van der Waals surface area contributed by atoms with Gasteiger partial charge in [0.1, 0.15) is 17.2 Å². The number of hydrogen-bond donors (Lipinski definition) is 1. The summed E-state index contributed by atoms with van der Waals surface area (Å²) in [6.45, 7) is 2.75. The van der Waals surface area contributed by atoms with Gasteiger partial charge in [-0.2, -0.15) is 0 Å². The van der Waals surface area contributed by atoms with Crippen LogP contribution in [0.4, 0.5) is 0 Å². The number of aromatic nitrogens is 2. The maximum atomic E-state index is 13.1. The molecule has 1 spiro atoms. The number of carbonyl (C=O) groups is 1. The summed E-state index contributed by atoms with van der Waals surface area (Å²) < 4.78 is 8.59. The molecule has 1 amide bonds. The molecule has 5 nitrogen and oxygen atoms in total. The average Bonchev–Trinajstić information content (AvgIpc) is 3.19. The van der Waals surface area contributed by atoms with Gasteiger partial charge in [0.2, 0.25) is 0 Å². The van der Waals surface area contributed by atoms with E-state index >= 15 is 0 Å². The smallest absolute Gasteiger partial charge is 0.251 e. The Morgan fingerprint density at radius 2 is 1.90 bits per heavy atom. The van der Waals surface area contributed by atoms with Crippen LogP contribution in [0.2, 0.25) is 0 Å². The maximum absolute atomic E-state index is 13.1. The molecule has 0 radical (unpaired) electrons. The summed E-state index contributed by atoms with van der Waals surface area (Å²) in [6, 6.07) is 16.0. The van der Waals surface area contributed by atoms with Crippen LogP contribution in [-0.4, -0.2) is 21.1 Å². The second kappa shape index (κ2) is 8.22. The minimum absolute atomic E-state index is 0.0242. The van der Waals surface area contributed by atoms with Crippen LogP contribution in [0.5, 0.6) is 5.75 Å². The van der Waals surface area contributed by atoms with E-state index in [1.54, 1.807) is 0 Å². The van der Waals surface area contributed by atoms with Crippen molar-refractivity contribution in [1.29, 1.82) is 0 Å². The third-order valence-electron chi connectivity index (χ3n) is 6.76. The van der Waals surface area contributed by atoms with Gasteiger partial charge in [-0.15, -0.1) is 0 Å². The first kappa shape index (κ1) is 19.9. The summed E-state index contributed by atoms with van der Waals surface area (Å²) in [4.78, 5) is 17.4. The SMILES string of the molecule is Cc1nccn1Cc1ccc(C(=O)N[C@@H]2CC3(CCCCC3)Oc3ccccc32)cc1. The minimum atomic E-state index is -0.142. The number of fused-ring (bicyclic) bond motifs is 1. The summed E-state index contributed by atoms with van der Waals surface area (Å²) in [5, 5.41) is 3.30. The van der Waals surface area contributed by atoms with Gasteiger partial charge in [-0.3, -0.25) is 4.79 Å². The summed E-state index contributed by atoms with van der Waals surface area (Å²) >= 11 is 0. The van der Waals surface area contributed by atoms with Crippen molar-refractivity contribution in [2.24, 2.45) is 0 Å². The van der Waals surface area contributed by atoms with E-state index in [9.17, 15) is 4.79 Å². The van der Waals surface area contributed by atoms with Crippen molar-refractivity contribution in [2.75, 3.05) is 0 Å². The van der Waals surface area contributed by atoms with Gasteiger partial charge < -0.3 is 14.6 Å². The lowest BCUT2D eigenvalue weighted by Gasteiger charge is -2.44. The Kier molecular flexibility index (Phi) is 5.26. The number of ether oxygens (including phenoxy) is 1. The highest BCUT2D eigenvalue weighted by molar-refractivity contribution is 5.94. The summed E-state index contributed by atoms with van der Waals surface area (Å²) in [5.41, 5.74) is 2.78. The fourth-order valence-corrected chi connectivity index (χ4v) is 5.02. The lowest BCUT2D eigenvalue weighted by molar-refractivity contribution is -0.00209. The predicted molar refractivity (Wildman–Crippen MR) is 120 cm³/mol. The van der Waals surface area contributed by atoms with Crippen molar-refractivity contribution in [3.05, 3.63) is 83.4 Å². The molecule has 31 heavy (non-hydrogen) atoms. The monoisotopic (exact) mass is 415 g/mol. The zero-order chi connectivity index (χ0) is 21.3. The molecule has 5 heteroatoms. The van der Waals surface area contributed by atoms with Crippen molar-refractivity contribution >= 4 is 5.91 Å². The molecule has 1 aliphatic carbocycles. The lowest BCUT2D eigenvalue weighted by atomic mass is 9.77. The first-order chi connectivity index (χ1) is 15.1. The van der Waals surface area contributed by atoms with Gasteiger partial charge in [0.25, 0.3) is 5.91 Å². The van der Waals surface area contributed by atoms with E-state index in [4.69, 9.17) is 4.74 Å². The van der Waals surface area contributed by atoms with E-state index in [2.05, 4.69) is 20.9 Å². The molecule has 1 atom stereocenters. The molecule has 0 saturated heterocycles. The number of para-hydroxylation sites is 1. The minimum Gasteiger partial charge on any atom is -0.487 e. The number of benzene rings is 2. The van der Waals surface area contributed by atoms with E-state index < -0.39 is 0 Å². The Labute approximate surface area is 183 Å². The van der Waals surface area contributed by atoms with Gasteiger partial charge in [-0.05, 0) is 56.4 Å². The number of rotatable bonds is 4. The molecular formula is C26H29N3O2. The Morgan fingerprint density at radius 3 is 2.65 bits per heavy atom. The molecule has 0 bridgehead atoms. The standard InChI is InChI=1S/C26H29N3O2/c1-19-27-15-16-29(19)18-20-9-11-21(12-10-20)25(30)28-23-17-26(13-5-2-6-14-26)31-24-8-4-3-7-22(23)24/h3-4,7-12,15-16,23H,2,5-6,13-14,17-18H2,1H3,(H,28,30)/t23-/m1/s1. The van der Waals surface area contributed by atoms with Crippen molar-refractivity contribution in [3.8, 4) is 5.75 Å². The Hall–Kier alpha value is -3.08. The molecular weight excluding hydrogens is 386 g/mol. The largest absolute Gasteiger partial charge is 0.487 e. The van der Waals surface area contributed by atoms with Crippen LogP contribution in [0.3, 0.4) is 0 Å². The number of nitrogens with one attached hydrogen (secondary N) is 1. The molecule has 2 aliphatic rings. The number of nitrogens with zero attached hydrogens (tertiary/aromatic N) is 2. The van der Waals surface area contributed by atoms with Crippen LogP contribution in [-0.2, 0) is 6.54 Å². The van der Waals surface area contributed by atoms with Crippen LogP contribution in [0, 0.1) is 6.92 Å². The maximum Gasteiger partial charge on any atom is 0.251 e. The van der Waals surface area contributed by atoms with Crippen molar-refractivity contribution in [3.63, 3.8) is 0 Å². The molecule has 1 N–H and O–H groups in total. The van der Waals surface area contributed by atoms with Gasteiger partial charge in [-0.1, -0.05) is 36.8 Å². The highest BCUT2D eigenvalue weighted by Crippen LogP contribution is 2.46. The molecule has 160 valence electrons. The van der Waals surface area contributed by atoms with E-state index in [1.807, 2.05) is 61.8 Å². The Balaban J connectivity index is 1.32. The van der Waals surface area contributed by atoms with Crippen LogP contribution in [0.15, 0.2) is 60.9 Å². The van der Waals surface area contributed by atoms with Crippen LogP contribution in [0.1, 0.15) is 71.9 Å². The van der Waals surface area contributed by atoms with Gasteiger partial charge in [0.05, 0.1) is 6.04 Å². The average molecular weight is 416 g/mol. The first-order valence-electron chi connectivity index (χ1n) is 11.3. The topological polar surface area (TPSA) is 56.2 Å². The van der Waals surface area contributed by atoms with Gasteiger partial charge in [0, 0.05) is 36.5 Å². The number of aryl methyl sites for hydroxylation is 1. The number of imidazole rings is 1. The molecule has 2 aromatic carbocycles. The highest BCUT2D eigenvalue weighted by Gasteiger charge is 2.42. The van der Waals surface area contributed by atoms with Gasteiger partial charge in [-0.25, -0.2) is 4.98 Å². The predicted octanol–water partition coefficient (Wildman–Crippen LogP) is 5.20.